The molecule has 0 bridgehead atoms. The van der Waals surface area contributed by atoms with Gasteiger partial charge in [-0.1, -0.05) is 48.5 Å². The molecule has 34 heavy (non-hydrogen) atoms. The first-order valence-electron chi connectivity index (χ1n) is 12.4. The van der Waals surface area contributed by atoms with Crippen molar-refractivity contribution in [3.8, 4) is 0 Å². The largest absolute Gasteiger partial charge is 0.343 e. The van der Waals surface area contributed by atoms with Crippen LogP contribution in [-0.4, -0.2) is 74.7 Å². The molecule has 1 amide bonds. The van der Waals surface area contributed by atoms with Gasteiger partial charge < -0.3 is 9.80 Å². The van der Waals surface area contributed by atoms with Gasteiger partial charge in [-0.2, -0.15) is 0 Å². The van der Waals surface area contributed by atoms with Crippen molar-refractivity contribution in [2.75, 3.05) is 46.3 Å². The lowest BCUT2D eigenvalue weighted by atomic mass is 9.93. The molecule has 0 radical (unpaired) electrons. The topological polar surface area (TPSA) is 60.9 Å². The minimum absolute atomic E-state index is 0.0970. The van der Waals surface area contributed by atoms with E-state index in [1.807, 2.05) is 43.0 Å². The molecule has 0 N–H and O–H groups in total. The lowest BCUT2D eigenvalue weighted by Crippen LogP contribution is -2.43. The average molecular weight is 486 g/mol. The van der Waals surface area contributed by atoms with Gasteiger partial charge >= 0.3 is 0 Å². The first-order valence-corrected chi connectivity index (χ1v) is 13.9. The number of benzene rings is 2. The fraction of sp³-hybridized carbons (Fsp3) is 0.519. The minimum Gasteiger partial charge on any atom is -0.343 e. The van der Waals surface area contributed by atoms with E-state index in [-0.39, 0.29) is 11.8 Å². The maximum atomic E-state index is 13.1. The molecule has 1 saturated heterocycles. The third-order valence-corrected chi connectivity index (χ3v) is 8.84. The summed E-state index contributed by atoms with van der Waals surface area (Å²) in [5, 5.41) is 0. The number of rotatable bonds is 11. The molecule has 2 aromatic carbocycles. The highest BCUT2D eigenvalue weighted by atomic mass is 32.2. The molecule has 3 rings (SSSR count). The lowest BCUT2D eigenvalue weighted by Gasteiger charge is -2.34. The van der Waals surface area contributed by atoms with Crippen molar-refractivity contribution < 1.29 is 13.2 Å². The molecule has 1 aliphatic heterocycles. The Morgan fingerprint density at radius 1 is 0.971 bits per heavy atom. The molecule has 1 atom stereocenters. The maximum Gasteiger partial charge on any atom is 0.242 e. The molecule has 0 spiro atoms. The quantitative estimate of drug-likeness (QED) is 0.482. The van der Waals surface area contributed by atoms with Crippen LogP contribution >= 0.6 is 0 Å². The van der Waals surface area contributed by atoms with Crippen molar-refractivity contribution >= 4 is 15.9 Å². The number of hydrogen-bond acceptors (Lipinski definition) is 4. The second-order valence-electron chi connectivity index (χ2n) is 9.12. The van der Waals surface area contributed by atoms with Crippen molar-refractivity contribution in [3.05, 3.63) is 66.2 Å². The van der Waals surface area contributed by atoms with Gasteiger partial charge in [0.2, 0.25) is 15.9 Å². The summed E-state index contributed by atoms with van der Waals surface area (Å²) in [5.74, 6) is 0.516. The Morgan fingerprint density at radius 3 is 2.09 bits per heavy atom. The highest BCUT2D eigenvalue weighted by Gasteiger charge is 2.29. The van der Waals surface area contributed by atoms with Crippen LogP contribution in [0.3, 0.4) is 0 Å². The van der Waals surface area contributed by atoms with E-state index >= 15 is 0 Å². The van der Waals surface area contributed by atoms with Crippen molar-refractivity contribution in [2.24, 2.45) is 5.92 Å². The van der Waals surface area contributed by atoms with Crippen molar-refractivity contribution in [1.29, 1.82) is 0 Å². The molecule has 1 fully saturated rings. The zero-order valence-electron chi connectivity index (χ0n) is 20.8. The summed E-state index contributed by atoms with van der Waals surface area (Å²) < 4.78 is 27.7. The molecular weight excluding hydrogens is 446 g/mol. The number of piperidine rings is 1. The summed E-state index contributed by atoms with van der Waals surface area (Å²) in [5.41, 5.74) is 1.16. The molecule has 0 aromatic heterocycles. The SMILES string of the molecule is CCN(CC)C(=O)C1CCN(CCC(CN(C)S(=O)(=O)c2ccccc2)c2ccccc2)CC1. The molecule has 1 heterocycles. The predicted octanol–water partition coefficient (Wildman–Crippen LogP) is 4.06. The van der Waals surface area contributed by atoms with Gasteiger partial charge in [0.15, 0.2) is 0 Å². The van der Waals surface area contributed by atoms with Gasteiger partial charge in [0.25, 0.3) is 0 Å². The van der Waals surface area contributed by atoms with E-state index in [1.54, 1.807) is 31.3 Å². The Balaban J connectivity index is 1.62. The van der Waals surface area contributed by atoms with Crippen LogP contribution in [0.25, 0.3) is 0 Å². The third kappa shape index (κ3) is 6.68. The zero-order chi connectivity index (χ0) is 24.6. The maximum absolute atomic E-state index is 13.1. The van der Waals surface area contributed by atoms with Crippen LogP contribution in [0.15, 0.2) is 65.6 Å². The highest BCUT2D eigenvalue weighted by molar-refractivity contribution is 7.89. The number of amides is 1. The van der Waals surface area contributed by atoms with Gasteiger partial charge in [-0.3, -0.25) is 4.79 Å². The number of carbonyl (C=O) groups excluding carboxylic acids is 1. The molecule has 0 aliphatic carbocycles. The first-order chi connectivity index (χ1) is 16.4. The van der Waals surface area contributed by atoms with E-state index in [2.05, 4.69) is 17.0 Å². The Bertz CT molecular complexity index is 986. The zero-order valence-corrected chi connectivity index (χ0v) is 21.6. The Labute approximate surface area is 205 Å². The van der Waals surface area contributed by atoms with Gasteiger partial charge in [0.05, 0.1) is 4.90 Å². The molecule has 1 unspecified atom stereocenters. The summed E-state index contributed by atoms with van der Waals surface area (Å²) >= 11 is 0. The fourth-order valence-corrected chi connectivity index (χ4v) is 6.04. The number of sulfonamides is 1. The highest BCUT2D eigenvalue weighted by Crippen LogP contribution is 2.26. The van der Waals surface area contributed by atoms with Crippen molar-refractivity contribution in [1.82, 2.24) is 14.1 Å². The molecule has 0 saturated carbocycles. The van der Waals surface area contributed by atoms with Crippen LogP contribution < -0.4 is 0 Å². The molecule has 6 nitrogen and oxygen atoms in total. The van der Waals surface area contributed by atoms with Gasteiger partial charge in [0.1, 0.15) is 0 Å². The summed E-state index contributed by atoms with van der Waals surface area (Å²) in [4.78, 5) is 17.4. The van der Waals surface area contributed by atoms with Gasteiger partial charge in [-0.15, -0.1) is 0 Å². The molecule has 2 aromatic rings. The van der Waals surface area contributed by atoms with E-state index in [0.717, 1.165) is 57.5 Å². The number of carbonyl (C=O) groups is 1. The second kappa shape index (κ2) is 12.5. The number of nitrogens with zero attached hydrogens (tertiary/aromatic N) is 3. The van der Waals surface area contributed by atoms with Crippen molar-refractivity contribution in [2.45, 2.75) is 43.9 Å². The predicted molar refractivity (Wildman–Crippen MR) is 137 cm³/mol. The monoisotopic (exact) mass is 485 g/mol. The van der Waals surface area contributed by atoms with E-state index in [0.29, 0.717) is 17.3 Å². The summed E-state index contributed by atoms with van der Waals surface area (Å²) in [6.45, 7) is 8.77. The number of likely N-dealkylation sites (N-methyl/N-ethyl adjacent to an activating group) is 1. The van der Waals surface area contributed by atoms with Gasteiger partial charge in [0, 0.05) is 32.6 Å². The van der Waals surface area contributed by atoms with Crippen LogP contribution in [0.5, 0.6) is 0 Å². The fourth-order valence-electron chi connectivity index (χ4n) is 4.80. The van der Waals surface area contributed by atoms with Crippen LogP contribution in [0.2, 0.25) is 0 Å². The Morgan fingerprint density at radius 2 is 1.53 bits per heavy atom. The minimum atomic E-state index is -3.54. The van der Waals surface area contributed by atoms with Crippen LogP contribution in [0.1, 0.15) is 44.6 Å². The molecule has 7 heteroatoms. The Hall–Kier alpha value is -2.22. The molecule has 1 aliphatic rings. The van der Waals surface area contributed by atoms with Crippen LogP contribution in [-0.2, 0) is 14.8 Å². The molecule has 186 valence electrons. The van der Waals surface area contributed by atoms with E-state index in [1.165, 1.54) is 4.31 Å². The first kappa shape index (κ1) is 26.4. The van der Waals surface area contributed by atoms with Gasteiger partial charge in [-0.25, -0.2) is 12.7 Å². The van der Waals surface area contributed by atoms with E-state index in [4.69, 9.17) is 0 Å². The van der Waals surface area contributed by atoms with Crippen LogP contribution in [0.4, 0.5) is 0 Å². The van der Waals surface area contributed by atoms with Crippen molar-refractivity contribution in [3.63, 3.8) is 0 Å². The summed E-state index contributed by atoms with van der Waals surface area (Å²) in [7, 11) is -1.87. The van der Waals surface area contributed by atoms with E-state index in [9.17, 15) is 13.2 Å². The third-order valence-electron chi connectivity index (χ3n) is 7.01. The number of hydrogen-bond donors (Lipinski definition) is 0. The van der Waals surface area contributed by atoms with E-state index < -0.39 is 10.0 Å². The van der Waals surface area contributed by atoms with Crippen LogP contribution in [0, 0.1) is 5.92 Å². The smallest absolute Gasteiger partial charge is 0.242 e. The summed E-state index contributed by atoms with van der Waals surface area (Å²) in [6, 6.07) is 18.8. The molecular formula is C27H39N3O3S. The second-order valence-corrected chi connectivity index (χ2v) is 11.2. The number of likely N-dealkylation sites (tertiary alicyclic amines) is 1. The van der Waals surface area contributed by atoms with Gasteiger partial charge in [-0.05, 0) is 76.4 Å². The average Bonchev–Trinajstić information content (AvgIpc) is 2.88. The summed E-state index contributed by atoms with van der Waals surface area (Å²) in [6.07, 6.45) is 2.66. The Kier molecular flexibility index (Phi) is 9.68. The normalized spacial score (nSPS) is 16.5. The standard InChI is InChI=1S/C27H39N3O3S/c1-4-30(5-2)27(31)24-16-19-29(20-17-24)21-18-25(23-12-8-6-9-13-23)22-28(3)34(32,33)26-14-10-7-11-15-26/h6-15,24-25H,4-5,16-22H2,1-3H3. The lowest BCUT2D eigenvalue weighted by molar-refractivity contribution is -0.136.